The summed E-state index contributed by atoms with van der Waals surface area (Å²) in [6.07, 6.45) is 0.227. The van der Waals surface area contributed by atoms with E-state index in [-0.39, 0.29) is 0 Å². The van der Waals surface area contributed by atoms with Crippen LogP contribution in [0.2, 0.25) is 0 Å². The van der Waals surface area contributed by atoms with Gasteiger partial charge < -0.3 is 14.4 Å². The highest BCUT2D eigenvalue weighted by Crippen LogP contribution is 2.32. The highest BCUT2D eigenvalue weighted by atomic mass is 19.4. The summed E-state index contributed by atoms with van der Waals surface area (Å²) in [6.45, 7) is 5.19. The third-order valence-corrected chi connectivity index (χ3v) is 4.79. The van der Waals surface area contributed by atoms with Crippen molar-refractivity contribution < 1.29 is 27.8 Å². The maximum absolute atomic E-state index is 10.6. The number of methoxy groups -OCH3 is 1. The van der Waals surface area contributed by atoms with E-state index >= 15 is 0 Å². The second-order valence-electron chi connectivity index (χ2n) is 7.26. The molecular weight excluding hydrogens is 421 g/mol. The number of carboxylic acids is 1. The van der Waals surface area contributed by atoms with Crippen LogP contribution in [-0.4, -0.2) is 33.9 Å². The van der Waals surface area contributed by atoms with E-state index in [0.717, 1.165) is 36.4 Å². The summed E-state index contributed by atoms with van der Waals surface area (Å²) in [5.41, 5.74) is 5.98. The molecule has 0 amide bonds. The Labute approximate surface area is 185 Å². The average molecular weight is 448 g/mol. The van der Waals surface area contributed by atoms with E-state index in [0.29, 0.717) is 0 Å². The number of unbranched alkanes of at least 4 members (excludes halogenated alkanes) is 1. The van der Waals surface area contributed by atoms with Gasteiger partial charge in [0.2, 0.25) is 0 Å². The van der Waals surface area contributed by atoms with Crippen molar-refractivity contribution in [3.63, 3.8) is 0 Å². The molecule has 2 aromatic carbocycles. The normalized spacial score (nSPS) is 10.9. The van der Waals surface area contributed by atoms with E-state index in [4.69, 9.17) is 19.6 Å². The van der Waals surface area contributed by atoms with Crippen LogP contribution >= 0.6 is 0 Å². The molecule has 3 rings (SSSR count). The second kappa shape index (κ2) is 11.4. The van der Waals surface area contributed by atoms with Gasteiger partial charge in [-0.05, 0) is 37.5 Å². The molecule has 0 spiro atoms. The van der Waals surface area contributed by atoms with Gasteiger partial charge in [-0.2, -0.15) is 13.2 Å². The van der Waals surface area contributed by atoms with Gasteiger partial charge in [-0.3, -0.25) is 0 Å². The van der Waals surface area contributed by atoms with Gasteiger partial charge in [0.25, 0.3) is 0 Å². The monoisotopic (exact) mass is 448 g/mol. The lowest BCUT2D eigenvalue weighted by molar-refractivity contribution is -0.192. The van der Waals surface area contributed by atoms with Crippen molar-refractivity contribution in [3.05, 3.63) is 71.7 Å². The number of benzene rings is 2. The zero-order chi connectivity index (χ0) is 23.7. The van der Waals surface area contributed by atoms with Gasteiger partial charge in [-0.1, -0.05) is 55.3 Å². The minimum atomic E-state index is -5.08. The number of nitrogens with zero attached hydrogens (tertiary/aromatic N) is 2. The number of carbonyl (C=O) groups is 1. The second-order valence-corrected chi connectivity index (χ2v) is 7.26. The Morgan fingerprint density at radius 1 is 1.12 bits per heavy atom. The molecule has 3 aromatic rings. The molecule has 0 fully saturated rings. The minimum Gasteiger partial charge on any atom is -0.496 e. The number of ether oxygens (including phenoxy) is 1. The summed E-state index contributed by atoms with van der Waals surface area (Å²) in [7, 11) is 1.72. The fourth-order valence-electron chi connectivity index (χ4n) is 3.11. The predicted octanol–water partition coefficient (Wildman–Crippen LogP) is 5.89. The van der Waals surface area contributed by atoms with Crippen LogP contribution in [0.3, 0.4) is 0 Å². The highest BCUT2D eigenvalue weighted by Gasteiger charge is 2.38. The third kappa shape index (κ3) is 6.87. The number of rotatable bonds is 7. The van der Waals surface area contributed by atoms with E-state index in [9.17, 15) is 13.2 Å². The molecule has 1 N–H and O–H groups in total. The molecule has 0 saturated heterocycles. The number of aromatic nitrogens is 2. The maximum atomic E-state index is 10.6. The Morgan fingerprint density at radius 3 is 2.31 bits per heavy atom. The van der Waals surface area contributed by atoms with Gasteiger partial charge in [-0.25, -0.2) is 9.78 Å². The minimum absolute atomic E-state index is 0.849. The lowest BCUT2D eigenvalue weighted by Gasteiger charge is -2.12. The van der Waals surface area contributed by atoms with E-state index in [1.165, 1.54) is 23.2 Å². The number of alkyl halides is 3. The van der Waals surface area contributed by atoms with Crippen molar-refractivity contribution in [3.8, 4) is 17.0 Å². The SMILES string of the molecule is CCCCc1c(-c2ccccc2OC)ncn1Cc1ccc(C)cc1.O=C(O)C(F)(F)F. The number of hydrogen-bond acceptors (Lipinski definition) is 3. The lowest BCUT2D eigenvalue weighted by atomic mass is 10.1. The number of para-hydroxylation sites is 1. The number of halogens is 3. The number of aliphatic carboxylic acids is 1. The largest absolute Gasteiger partial charge is 0.496 e. The molecule has 8 heteroatoms. The predicted molar refractivity (Wildman–Crippen MR) is 117 cm³/mol. The van der Waals surface area contributed by atoms with Crippen molar-refractivity contribution in [2.75, 3.05) is 7.11 Å². The summed E-state index contributed by atoms with van der Waals surface area (Å²) in [5.74, 6) is -1.88. The number of carboxylic acid groups (broad SMARTS) is 1. The van der Waals surface area contributed by atoms with Crippen LogP contribution in [0, 0.1) is 6.92 Å². The quantitative estimate of drug-likeness (QED) is 0.489. The number of aryl methyl sites for hydroxylation is 1. The van der Waals surface area contributed by atoms with Crippen LogP contribution in [0.1, 0.15) is 36.6 Å². The maximum Gasteiger partial charge on any atom is 0.490 e. The Bertz CT molecular complexity index is 1010. The molecule has 1 heterocycles. The molecule has 0 aliphatic carbocycles. The number of hydrogen-bond donors (Lipinski definition) is 1. The molecule has 0 bridgehead atoms. The summed E-state index contributed by atoms with van der Waals surface area (Å²) in [4.78, 5) is 13.6. The van der Waals surface area contributed by atoms with E-state index in [1.54, 1.807) is 7.11 Å². The summed E-state index contributed by atoms with van der Waals surface area (Å²) < 4.78 is 39.6. The van der Waals surface area contributed by atoms with Gasteiger partial charge in [0.05, 0.1) is 19.1 Å². The van der Waals surface area contributed by atoms with E-state index in [1.807, 2.05) is 24.5 Å². The smallest absolute Gasteiger partial charge is 0.490 e. The van der Waals surface area contributed by atoms with E-state index < -0.39 is 12.1 Å². The first-order valence-electron chi connectivity index (χ1n) is 10.2. The highest BCUT2D eigenvalue weighted by molar-refractivity contribution is 5.73. The lowest BCUT2D eigenvalue weighted by Crippen LogP contribution is -2.21. The molecule has 5 nitrogen and oxygen atoms in total. The topological polar surface area (TPSA) is 64.4 Å². The van der Waals surface area contributed by atoms with Gasteiger partial charge in [0.1, 0.15) is 5.75 Å². The molecule has 172 valence electrons. The van der Waals surface area contributed by atoms with Gasteiger partial charge >= 0.3 is 12.1 Å². The Morgan fingerprint density at radius 2 is 1.75 bits per heavy atom. The molecule has 0 unspecified atom stereocenters. The summed E-state index contributed by atoms with van der Waals surface area (Å²) in [6, 6.07) is 16.9. The van der Waals surface area contributed by atoms with Crippen molar-refractivity contribution in [2.24, 2.45) is 0 Å². The van der Waals surface area contributed by atoms with E-state index in [2.05, 4.69) is 48.7 Å². The van der Waals surface area contributed by atoms with Crippen molar-refractivity contribution >= 4 is 5.97 Å². The standard InChI is InChI=1S/C22H26N2O.C2HF3O2/c1-4-5-9-20-22(19-8-6-7-10-21(19)25-3)23-16-24(20)15-18-13-11-17(2)12-14-18;3-2(4,5)1(6)7/h6-8,10-14,16H,4-5,9,15H2,1-3H3;(H,6,7). The summed E-state index contributed by atoms with van der Waals surface area (Å²) >= 11 is 0. The van der Waals surface area contributed by atoms with Crippen LogP contribution in [0.5, 0.6) is 5.75 Å². The zero-order valence-electron chi connectivity index (χ0n) is 18.3. The molecule has 0 saturated carbocycles. The molecule has 0 radical (unpaired) electrons. The Hall–Kier alpha value is -3.29. The molecule has 0 aliphatic rings. The molecule has 1 aromatic heterocycles. The van der Waals surface area contributed by atoms with Crippen LogP contribution in [0.4, 0.5) is 13.2 Å². The molecule has 0 aliphatic heterocycles. The van der Waals surface area contributed by atoms with Gasteiger partial charge in [0, 0.05) is 17.8 Å². The number of imidazole rings is 1. The van der Waals surface area contributed by atoms with Gasteiger partial charge in [-0.15, -0.1) is 0 Å². The first kappa shape index (κ1) is 25.0. The van der Waals surface area contributed by atoms with Crippen LogP contribution in [-0.2, 0) is 17.8 Å². The molecule has 32 heavy (non-hydrogen) atoms. The Kier molecular flexibility index (Phi) is 8.87. The van der Waals surface area contributed by atoms with Gasteiger partial charge in [0.15, 0.2) is 0 Å². The first-order valence-corrected chi connectivity index (χ1v) is 10.2. The Balaban J connectivity index is 0.000000451. The van der Waals surface area contributed by atoms with Crippen LogP contribution < -0.4 is 4.74 Å². The van der Waals surface area contributed by atoms with Crippen molar-refractivity contribution in [2.45, 2.75) is 45.8 Å². The van der Waals surface area contributed by atoms with Crippen LogP contribution in [0.15, 0.2) is 54.9 Å². The molecular formula is C24H27F3N2O3. The third-order valence-electron chi connectivity index (χ3n) is 4.79. The molecule has 0 atom stereocenters. The fourth-order valence-corrected chi connectivity index (χ4v) is 3.11. The first-order chi connectivity index (χ1) is 15.2. The fraction of sp³-hybridized carbons (Fsp3) is 0.333. The summed E-state index contributed by atoms with van der Waals surface area (Å²) in [5, 5.41) is 7.12. The van der Waals surface area contributed by atoms with Crippen molar-refractivity contribution in [1.29, 1.82) is 0 Å². The average Bonchev–Trinajstić information content (AvgIpc) is 3.15. The van der Waals surface area contributed by atoms with Crippen molar-refractivity contribution in [1.82, 2.24) is 9.55 Å². The van der Waals surface area contributed by atoms with Crippen LogP contribution in [0.25, 0.3) is 11.3 Å². The zero-order valence-corrected chi connectivity index (χ0v) is 18.3.